The van der Waals surface area contributed by atoms with E-state index in [1.807, 2.05) is 12.1 Å². The van der Waals surface area contributed by atoms with Crippen molar-refractivity contribution < 1.29 is 19.0 Å². The average molecular weight is 306 g/mol. The summed E-state index contributed by atoms with van der Waals surface area (Å²) >= 11 is 1.50. The normalized spacial score (nSPS) is 10.2. The van der Waals surface area contributed by atoms with Crippen LogP contribution in [0.5, 0.6) is 17.2 Å². The molecule has 4 nitrogen and oxygen atoms in total. The van der Waals surface area contributed by atoms with Crippen molar-refractivity contribution in [3.8, 4) is 17.2 Å². The number of para-hydroxylation sites is 1. The van der Waals surface area contributed by atoms with Gasteiger partial charge in [-0.2, -0.15) is 0 Å². The van der Waals surface area contributed by atoms with Crippen molar-refractivity contribution in [3.05, 3.63) is 40.1 Å². The largest absolute Gasteiger partial charge is 0.493 e. The van der Waals surface area contributed by atoms with Crippen LogP contribution >= 0.6 is 11.3 Å². The van der Waals surface area contributed by atoms with Crippen LogP contribution in [0.3, 0.4) is 0 Å². The van der Waals surface area contributed by atoms with Crippen molar-refractivity contribution in [3.63, 3.8) is 0 Å². The summed E-state index contributed by atoms with van der Waals surface area (Å²) in [5.74, 6) is 1.49. The Morgan fingerprint density at radius 2 is 1.76 bits per heavy atom. The van der Waals surface area contributed by atoms with Gasteiger partial charge in [0.25, 0.3) is 0 Å². The van der Waals surface area contributed by atoms with Gasteiger partial charge in [0.15, 0.2) is 18.1 Å². The van der Waals surface area contributed by atoms with E-state index < -0.39 is 0 Å². The molecule has 0 saturated carbocycles. The van der Waals surface area contributed by atoms with E-state index in [2.05, 4.69) is 6.92 Å². The van der Waals surface area contributed by atoms with Crippen LogP contribution in [-0.4, -0.2) is 26.6 Å². The Morgan fingerprint density at radius 1 is 1.10 bits per heavy atom. The summed E-state index contributed by atoms with van der Waals surface area (Å²) in [4.78, 5) is 14.0. The van der Waals surface area contributed by atoms with Crippen molar-refractivity contribution in [2.24, 2.45) is 0 Å². The lowest BCUT2D eigenvalue weighted by molar-refractivity contribution is 0.0921. The van der Waals surface area contributed by atoms with Crippen LogP contribution in [0.4, 0.5) is 0 Å². The molecule has 112 valence electrons. The Bertz CT molecular complexity index is 596. The summed E-state index contributed by atoms with van der Waals surface area (Å²) in [5, 5.41) is 0. The molecular weight excluding hydrogens is 288 g/mol. The van der Waals surface area contributed by atoms with E-state index in [0.29, 0.717) is 22.1 Å². The highest BCUT2D eigenvalue weighted by Gasteiger charge is 2.15. The third kappa shape index (κ3) is 3.55. The number of hydrogen-bond acceptors (Lipinski definition) is 5. The minimum atomic E-state index is -0.0485. The lowest BCUT2D eigenvalue weighted by Crippen LogP contribution is -2.11. The second-order valence-electron chi connectivity index (χ2n) is 4.32. The number of aryl methyl sites for hydroxylation is 1. The van der Waals surface area contributed by atoms with E-state index in [-0.39, 0.29) is 12.4 Å². The summed E-state index contributed by atoms with van der Waals surface area (Å²) in [7, 11) is 3.10. The smallest absolute Gasteiger partial charge is 0.210 e. The fraction of sp³-hybridized carbons (Fsp3) is 0.312. The molecule has 0 spiro atoms. The van der Waals surface area contributed by atoms with Crippen molar-refractivity contribution in [1.82, 2.24) is 0 Å². The monoisotopic (exact) mass is 306 g/mol. The fourth-order valence-electron chi connectivity index (χ4n) is 1.89. The Kier molecular flexibility index (Phi) is 5.22. The van der Waals surface area contributed by atoms with Gasteiger partial charge in [-0.15, -0.1) is 11.3 Å². The first-order valence-electron chi connectivity index (χ1n) is 6.65. The Labute approximate surface area is 128 Å². The van der Waals surface area contributed by atoms with Gasteiger partial charge in [0.05, 0.1) is 19.1 Å². The van der Waals surface area contributed by atoms with Crippen molar-refractivity contribution in [1.29, 1.82) is 0 Å². The highest BCUT2D eigenvalue weighted by atomic mass is 32.1. The van der Waals surface area contributed by atoms with Crippen LogP contribution in [0.25, 0.3) is 0 Å². The topological polar surface area (TPSA) is 44.8 Å². The first-order chi connectivity index (χ1) is 10.2. The summed E-state index contributed by atoms with van der Waals surface area (Å²) in [5.41, 5.74) is 0. The molecule has 0 bridgehead atoms. The molecule has 2 aromatic rings. The summed E-state index contributed by atoms with van der Waals surface area (Å²) in [6, 6.07) is 9.15. The first kappa shape index (κ1) is 15.4. The zero-order valence-electron chi connectivity index (χ0n) is 12.3. The number of benzene rings is 1. The van der Waals surface area contributed by atoms with Crippen LogP contribution in [0.2, 0.25) is 0 Å². The molecular formula is C16H18O4S. The van der Waals surface area contributed by atoms with E-state index >= 15 is 0 Å². The summed E-state index contributed by atoms with van der Waals surface area (Å²) in [6.45, 7) is 2.02. The molecule has 0 radical (unpaired) electrons. The maximum Gasteiger partial charge on any atom is 0.210 e. The maximum absolute atomic E-state index is 12.2. The number of carbonyl (C=O) groups excluding carboxylic acids is 1. The number of rotatable bonds is 7. The van der Waals surface area contributed by atoms with Gasteiger partial charge in [0, 0.05) is 4.88 Å². The molecule has 0 aliphatic heterocycles. The molecule has 21 heavy (non-hydrogen) atoms. The lowest BCUT2D eigenvalue weighted by atomic mass is 10.3. The van der Waals surface area contributed by atoms with E-state index in [1.165, 1.54) is 16.2 Å². The van der Waals surface area contributed by atoms with E-state index in [1.54, 1.807) is 32.4 Å². The standard InChI is InChI=1S/C16H18O4S/c1-4-11-8-9-15(21-11)12(17)10-20-16-13(18-2)6-5-7-14(16)19-3/h5-9H,4,10H2,1-3H3. The van der Waals surface area contributed by atoms with Crippen LogP contribution in [0.15, 0.2) is 30.3 Å². The molecule has 0 N–H and O–H groups in total. The molecule has 0 saturated heterocycles. The molecule has 2 rings (SSSR count). The predicted octanol–water partition coefficient (Wildman–Crippen LogP) is 3.59. The highest BCUT2D eigenvalue weighted by molar-refractivity contribution is 7.14. The summed E-state index contributed by atoms with van der Waals surface area (Å²) in [6.07, 6.45) is 0.930. The lowest BCUT2D eigenvalue weighted by Gasteiger charge is -2.13. The highest BCUT2D eigenvalue weighted by Crippen LogP contribution is 2.36. The molecule has 0 aliphatic carbocycles. The third-order valence-corrected chi connectivity index (χ3v) is 4.29. The molecule has 1 aromatic heterocycles. The van der Waals surface area contributed by atoms with E-state index in [4.69, 9.17) is 14.2 Å². The second-order valence-corrected chi connectivity index (χ2v) is 5.49. The molecule has 0 aliphatic rings. The maximum atomic E-state index is 12.2. The Hall–Kier alpha value is -2.01. The molecule has 1 heterocycles. The van der Waals surface area contributed by atoms with E-state index in [9.17, 15) is 4.79 Å². The van der Waals surface area contributed by atoms with Crippen LogP contribution < -0.4 is 14.2 Å². The average Bonchev–Trinajstić information content (AvgIpc) is 3.01. The summed E-state index contributed by atoms with van der Waals surface area (Å²) < 4.78 is 16.1. The minimum Gasteiger partial charge on any atom is -0.493 e. The Balaban J connectivity index is 2.10. The molecule has 0 atom stereocenters. The molecule has 0 amide bonds. The predicted molar refractivity (Wildman–Crippen MR) is 83.1 cm³/mol. The zero-order chi connectivity index (χ0) is 15.2. The van der Waals surface area contributed by atoms with Gasteiger partial charge in [-0.05, 0) is 30.7 Å². The number of Topliss-reactive ketones (excluding diaryl/α,β-unsaturated/α-hetero) is 1. The number of thiophene rings is 1. The van der Waals surface area contributed by atoms with Crippen molar-refractivity contribution in [2.45, 2.75) is 13.3 Å². The molecule has 0 unspecified atom stereocenters. The van der Waals surface area contributed by atoms with Gasteiger partial charge in [-0.3, -0.25) is 4.79 Å². The fourth-order valence-corrected chi connectivity index (χ4v) is 2.76. The van der Waals surface area contributed by atoms with Gasteiger partial charge in [0.2, 0.25) is 11.5 Å². The number of methoxy groups -OCH3 is 2. The molecule has 1 aromatic carbocycles. The van der Waals surface area contributed by atoms with Crippen LogP contribution in [0.1, 0.15) is 21.5 Å². The number of carbonyl (C=O) groups is 1. The molecule has 0 fully saturated rings. The quantitative estimate of drug-likeness (QED) is 0.733. The minimum absolute atomic E-state index is 0.0413. The van der Waals surface area contributed by atoms with Crippen molar-refractivity contribution >= 4 is 17.1 Å². The van der Waals surface area contributed by atoms with Gasteiger partial charge in [-0.1, -0.05) is 13.0 Å². The SMILES string of the molecule is CCc1ccc(C(=O)COc2c(OC)cccc2OC)s1. The first-order valence-corrected chi connectivity index (χ1v) is 7.47. The number of ether oxygens (including phenoxy) is 3. The Morgan fingerprint density at radius 3 is 2.29 bits per heavy atom. The van der Waals surface area contributed by atoms with Gasteiger partial charge in [0.1, 0.15) is 0 Å². The zero-order valence-corrected chi connectivity index (χ0v) is 13.2. The van der Waals surface area contributed by atoms with Gasteiger partial charge in [-0.25, -0.2) is 0 Å². The third-order valence-electron chi connectivity index (χ3n) is 3.02. The van der Waals surface area contributed by atoms with Gasteiger partial charge < -0.3 is 14.2 Å². The van der Waals surface area contributed by atoms with Crippen LogP contribution in [-0.2, 0) is 6.42 Å². The van der Waals surface area contributed by atoms with Crippen molar-refractivity contribution in [2.75, 3.05) is 20.8 Å². The number of ketones is 1. The second kappa shape index (κ2) is 7.13. The van der Waals surface area contributed by atoms with E-state index in [0.717, 1.165) is 6.42 Å². The molecule has 5 heteroatoms. The van der Waals surface area contributed by atoms with Crippen LogP contribution in [0, 0.1) is 0 Å². The van der Waals surface area contributed by atoms with Gasteiger partial charge >= 0.3 is 0 Å². The number of hydrogen-bond donors (Lipinski definition) is 0.